The average molecular weight is 358 g/mol. The minimum absolute atomic E-state index is 0.0195. The highest BCUT2D eigenvalue weighted by molar-refractivity contribution is 5.95. The smallest absolute Gasteiger partial charge is 0.348 e. The molecule has 1 atom stereocenters. The van der Waals surface area contributed by atoms with Crippen LogP contribution in [0.5, 0.6) is 0 Å². The molecule has 3 rings (SSSR count). The predicted molar refractivity (Wildman–Crippen MR) is 78.1 cm³/mol. The van der Waals surface area contributed by atoms with Crippen LogP contribution in [0.25, 0.3) is 11.4 Å². The van der Waals surface area contributed by atoms with Crippen LogP contribution in [0.1, 0.15) is 22.7 Å². The highest BCUT2D eigenvalue weighted by atomic mass is 19.4. The zero-order valence-corrected chi connectivity index (χ0v) is 13.1. The van der Waals surface area contributed by atoms with Crippen LogP contribution in [0, 0.1) is 5.82 Å². The zero-order valence-electron chi connectivity index (χ0n) is 13.1. The molecule has 0 bridgehead atoms. The summed E-state index contributed by atoms with van der Waals surface area (Å²) in [6, 6.07) is 3.29. The number of likely N-dealkylation sites (N-methyl/N-ethyl adjacent to an activating group) is 1. The third kappa shape index (κ3) is 3.78. The molecule has 1 aromatic heterocycles. The highest BCUT2D eigenvalue weighted by Crippen LogP contribution is 2.29. The van der Waals surface area contributed by atoms with E-state index in [-0.39, 0.29) is 17.2 Å². The number of amides is 1. The summed E-state index contributed by atoms with van der Waals surface area (Å²) in [6.45, 7) is 1.51. The van der Waals surface area contributed by atoms with Crippen molar-refractivity contribution in [3.05, 3.63) is 35.5 Å². The zero-order chi connectivity index (χ0) is 18.2. The predicted octanol–water partition coefficient (Wildman–Crippen LogP) is 2.33. The maximum atomic E-state index is 14.2. The summed E-state index contributed by atoms with van der Waals surface area (Å²) < 4.78 is 55.7. The fourth-order valence-electron chi connectivity index (χ4n) is 2.61. The molecule has 6 nitrogen and oxygen atoms in total. The van der Waals surface area contributed by atoms with E-state index in [0.29, 0.717) is 6.54 Å². The van der Waals surface area contributed by atoms with Crippen molar-refractivity contribution < 1.29 is 26.9 Å². The van der Waals surface area contributed by atoms with Gasteiger partial charge < -0.3 is 14.7 Å². The van der Waals surface area contributed by atoms with E-state index in [1.807, 2.05) is 11.9 Å². The fourth-order valence-corrected chi connectivity index (χ4v) is 2.61. The number of hydrogen-bond donors (Lipinski definition) is 1. The van der Waals surface area contributed by atoms with Gasteiger partial charge in [-0.05, 0) is 32.1 Å². The molecular formula is C15H14F4N4O2. The van der Waals surface area contributed by atoms with Gasteiger partial charge in [-0.15, -0.1) is 0 Å². The van der Waals surface area contributed by atoms with E-state index in [0.717, 1.165) is 19.0 Å². The normalized spacial score (nSPS) is 18.5. The van der Waals surface area contributed by atoms with Gasteiger partial charge >= 0.3 is 12.1 Å². The SMILES string of the molecule is CN1CCC(NC(=O)c2ccc(-c3noc(C(F)(F)F)n3)cc2F)C1. The number of rotatable bonds is 3. The van der Waals surface area contributed by atoms with Crippen molar-refractivity contribution >= 4 is 5.91 Å². The Hall–Kier alpha value is -2.49. The molecule has 1 aliphatic rings. The van der Waals surface area contributed by atoms with Crippen molar-refractivity contribution in [2.45, 2.75) is 18.6 Å². The Morgan fingerprint density at radius 1 is 1.40 bits per heavy atom. The van der Waals surface area contributed by atoms with E-state index in [1.54, 1.807) is 0 Å². The highest BCUT2D eigenvalue weighted by Gasteiger charge is 2.38. The van der Waals surface area contributed by atoms with Crippen LogP contribution in [0.4, 0.5) is 17.6 Å². The van der Waals surface area contributed by atoms with Gasteiger partial charge in [0, 0.05) is 18.2 Å². The number of halogens is 4. The molecule has 10 heteroatoms. The van der Waals surface area contributed by atoms with Gasteiger partial charge in [-0.25, -0.2) is 4.39 Å². The Labute approximate surface area is 139 Å². The summed E-state index contributed by atoms with van der Waals surface area (Å²) in [4.78, 5) is 17.4. The lowest BCUT2D eigenvalue weighted by atomic mass is 10.1. The summed E-state index contributed by atoms with van der Waals surface area (Å²) in [5, 5.41) is 5.91. The van der Waals surface area contributed by atoms with Crippen molar-refractivity contribution in [2.24, 2.45) is 0 Å². The van der Waals surface area contributed by atoms with E-state index in [2.05, 4.69) is 20.0 Å². The molecule has 0 spiro atoms. The molecule has 1 fully saturated rings. The summed E-state index contributed by atoms with van der Waals surface area (Å²) in [5.74, 6) is -3.38. The second-order valence-electron chi connectivity index (χ2n) is 5.84. The van der Waals surface area contributed by atoms with Crippen LogP contribution in [-0.2, 0) is 6.18 Å². The fraction of sp³-hybridized carbons (Fsp3) is 0.400. The number of aromatic nitrogens is 2. The second kappa shape index (κ2) is 6.43. The van der Waals surface area contributed by atoms with Crippen molar-refractivity contribution in [1.29, 1.82) is 0 Å². The van der Waals surface area contributed by atoms with E-state index >= 15 is 0 Å². The summed E-state index contributed by atoms with van der Waals surface area (Å²) in [7, 11) is 1.92. The first-order chi connectivity index (χ1) is 11.7. The molecule has 0 saturated carbocycles. The lowest BCUT2D eigenvalue weighted by Gasteiger charge is -2.13. The minimum Gasteiger partial charge on any atom is -0.348 e. The Morgan fingerprint density at radius 2 is 2.16 bits per heavy atom. The number of carbonyl (C=O) groups is 1. The van der Waals surface area contributed by atoms with Crippen LogP contribution < -0.4 is 5.32 Å². The van der Waals surface area contributed by atoms with Crippen LogP contribution in [0.2, 0.25) is 0 Å². The molecule has 1 amide bonds. The molecule has 1 saturated heterocycles. The first kappa shape index (κ1) is 17.3. The van der Waals surface area contributed by atoms with Crippen LogP contribution in [-0.4, -0.2) is 47.1 Å². The van der Waals surface area contributed by atoms with Gasteiger partial charge in [0.05, 0.1) is 5.56 Å². The first-order valence-electron chi connectivity index (χ1n) is 7.44. The molecule has 2 aromatic rings. The standard InChI is InChI=1S/C15H14F4N4O2/c1-23-5-4-9(7-23)20-13(24)10-3-2-8(6-11(10)16)12-21-14(25-22-12)15(17,18)19/h2-3,6,9H,4-5,7H2,1H3,(H,20,24). The van der Waals surface area contributed by atoms with Crippen molar-refractivity contribution in [1.82, 2.24) is 20.4 Å². The van der Waals surface area contributed by atoms with E-state index in [9.17, 15) is 22.4 Å². The van der Waals surface area contributed by atoms with Crippen LogP contribution in [0.3, 0.4) is 0 Å². The third-order valence-electron chi connectivity index (χ3n) is 3.87. The number of alkyl halides is 3. The number of nitrogens with zero attached hydrogens (tertiary/aromatic N) is 3. The third-order valence-corrected chi connectivity index (χ3v) is 3.87. The van der Waals surface area contributed by atoms with E-state index < -0.39 is 29.6 Å². The Kier molecular flexibility index (Phi) is 4.46. The molecule has 134 valence electrons. The monoisotopic (exact) mass is 358 g/mol. The molecule has 2 heterocycles. The number of carbonyl (C=O) groups excluding carboxylic acids is 1. The molecule has 0 radical (unpaired) electrons. The lowest BCUT2D eigenvalue weighted by molar-refractivity contribution is -0.159. The molecule has 1 aromatic carbocycles. The summed E-state index contributed by atoms with van der Waals surface area (Å²) in [6.07, 6.45) is -4.01. The van der Waals surface area contributed by atoms with Gasteiger partial charge in [0.15, 0.2) is 0 Å². The number of likely N-dealkylation sites (tertiary alicyclic amines) is 1. The first-order valence-corrected chi connectivity index (χ1v) is 7.44. The van der Waals surface area contributed by atoms with E-state index in [4.69, 9.17) is 0 Å². The van der Waals surface area contributed by atoms with Crippen LogP contribution >= 0.6 is 0 Å². The number of benzene rings is 1. The van der Waals surface area contributed by atoms with Crippen molar-refractivity contribution in [2.75, 3.05) is 20.1 Å². The molecular weight excluding hydrogens is 344 g/mol. The minimum atomic E-state index is -4.78. The van der Waals surface area contributed by atoms with Crippen molar-refractivity contribution in [3.63, 3.8) is 0 Å². The lowest BCUT2D eigenvalue weighted by Crippen LogP contribution is -2.36. The van der Waals surface area contributed by atoms with Gasteiger partial charge in [0.1, 0.15) is 5.82 Å². The molecule has 1 unspecified atom stereocenters. The summed E-state index contributed by atoms with van der Waals surface area (Å²) in [5.41, 5.74) is -0.216. The second-order valence-corrected chi connectivity index (χ2v) is 5.84. The van der Waals surface area contributed by atoms with Gasteiger partial charge in [-0.3, -0.25) is 4.79 Å². The maximum Gasteiger partial charge on any atom is 0.471 e. The molecule has 25 heavy (non-hydrogen) atoms. The summed E-state index contributed by atoms with van der Waals surface area (Å²) >= 11 is 0. The van der Waals surface area contributed by atoms with Crippen molar-refractivity contribution in [3.8, 4) is 11.4 Å². The molecule has 1 N–H and O–H groups in total. The Balaban J connectivity index is 1.76. The van der Waals surface area contributed by atoms with Gasteiger partial charge in [-0.1, -0.05) is 11.2 Å². The van der Waals surface area contributed by atoms with E-state index in [1.165, 1.54) is 12.1 Å². The Bertz CT molecular complexity index is 790. The molecule has 0 aliphatic carbocycles. The number of hydrogen-bond acceptors (Lipinski definition) is 5. The Morgan fingerprint density at radius 3 is 2.72 bits per heavy atom. The van der Waals surface area contributed by atoms with Gasteiger partial charge in [0.25, 0.3) is 5.91 Å². The molecule has 1 aliphatic heterocycles. The number of nitrogens with one attached hydrogen (secondary N) is 1. The van der Waals surface area contributed by atoms with Gasteiger partial charge in [-0.2, -0.15) is 18.2 Å². The maximum absolute atomic E-state index is 14.2. The van der Waals surface area contributed by atoms with Gasteiger partial charge in [0.2, 0.25) is 5.82 Å². The van der Waals surface area contributed by atoms with Crippen LogP contribution in [0.15, 0.2) is 22.7 Å². The largest absolute Gasteiger partial charge is 0.471 e. The topological polar surface area (TPSA) is 71.3 Å². The quantitative estimate of drug-likeness (QED) is 0.853. The average Bonchev–Trinajstić information content (AvgIpc) is 3.16.